The van der Waals surface area contributed by atoms with Crippen molar-refractivity contribution in [2.24, 2.45) is 0 Å². The Morgan fingerprint density at radius 2 is 1.06 bits per heavy atom. The fraction of sp³-hybridized carbons (Fsp3) is 0. The maximum atomic E-state index is 5.06. The molecule has 0 aliphatic rings. The molecule has 50 heavy (non-hydrogen) atoms. The van der Waals surface area contributed by atoms with Gasteiger partial charge in [-0.25, -0.2) is 15.0 Å². The van der Waals surface area contributed by atoms with Crippen LogP contribution >= 0.6 is 11.3 Å². The second-order valence-electron chi connectivity index (χ2n) is 12.5. The van der Waals surface area contributed by atoms with Crippen molar-refractivity contribution < 1.29 is 0 Å². The third-order valence-corrected chi connectivity index (χ3v) is 10.5. The molecule has 234 valence electrons. The zero-order valence-corrected chi connectivity index (χ0v) is 27.7. The molecule has 4 nitrogen and oxygen atoms in total. The van der Waals surface area contributed by atoms with E-state index in [1.54, 1.807) is 11.3 Å². The molecule has 0 unspecified atom stereocenters. The van der Waals surface area contributed by atoms with Crippen molar-refractivity contribution in [3.8, 4) is 50.2 Å². The van der Waals surface area contributed by atoms with Crippen LogP contribution in [0.25, 0.3) is 93.0 Å². The largest absolute Gasteiger partial charge is 0.309 e. The summed E-state index contributed by atoms with van der Waals surface area (Å²) < 4.78 is 3.58. The summed E-state index contributed by atoms with van der Waals surface area (Å²) in [4.78, 5) is 15.1. The summed E-state index contributed by atoms with van der Waals surface area (Å²) >= 11 is 1.74. The number of fused-ring (bicyclic) bond motifs is 5. The van der Waals surface area contributed by atoms with Crippen LogP contribution in [-0.4, -0.2) is 19.5 Å². The van der Waals surface area contributed by atoms with Gasteiger partial charge in [0.1, 0.15) is 5.01 Å². The molecule has 3 heterocycles. The summed E-state index contributed by atoms with van der Waals surface area (Å²) in [6.07, 6.45) is 0. The van der Waals surface area contributed by atoms with Gasteiger partial charge >= 0.3 is 0 Å². The lowest BCUT2D eigenvalue weighted by Crippen LogP contribution is -1.96. The Balaban J connectivity index is 1.10. The molecule has 10 aromatic rings. The number of thiazole rings is 1. The molecule has 0 saturated carbocycles. The molecule has 0 saturated heterocycles. The predicted octanol–water partition coefficient (Wildman–Crippen LogP) is 12.0. The number of rotatable bonds is 5. The molecule has 0 aliphatic carbocycles. The standard InChI is InChI=1S/C45H28N4S/c1-3-11-29(12-4-1)39-28-40(30-13-5-2-6-14-30)47-44(46-39)33-20-19-32-26-35(23-21-31(32)25-33)49-41-17-9-7-15-36(41)37-24-22-34(27-42(37)49)45-48-38-16-8-10-18-43(38)50-45/h1-28H. The smallest absolute Gasteiger partial charge is 0.160 e. The molecule has 0 spiro atoms. The van der Waals surface area contributed by atoms with E-state index in [4.69, 9.17) is 15.0 Å². The first-order valence-corrected chi connectivity index (χ1v) is 17.5. The summed E-state index contributed by atoms with van der Waals surface area (Å²) in [6.45, 7) is 0. The molecule has 0 N–H and O–H groups in total. The van der Waals surface area contributed by atoms with Crippen molar-refractivity contribution in [3.05, 3.63) is 170 Å². The summed E-state index contributed by atoms with van der Waals surface area (Å²) in [7, 11) is 0. The van der Waals surface area contributed by atoms with Gasteiger partial charge in [-0.15, -0.1) is 11.3 Å². The summed E-state index contributed by atoms with van der Waals surface area (Å²) in [5.41, 5.74) is 10.5. The molecule has 3 aromatic heterocycles. The Bertz CT molecular complexity index is 2780. The number of hydrogen-bond acceptors (Lipinski definition) is 4. The van der Waals surface area contributed by atoms with Gasteiger partial charge in [0.05, 0.1) is 32.6 Å². The Morgan fingerprint density at radius 1 is 0.420 bits per heavy atom. The van der Waals surface area contributed by atoms with Gasteiger partial charge in [-0.1, -0.05) is 121 Å². The molecule has 0 bridgehead atoms. The quantitative estimate of drug-likeness (QED) is 0.185. The third-order valence-electron chi connectivity index (χ3n) is 9.42. The average molecular weight is 657 g/mol. The van der Waals surface area contributed by atoms with E-state index in [0.717, 1.165) is 60.6 Å². The lowest BCUT2D eigenvalue weighted by molar-refractivity contribution is 1.18. The molecule has 10 rings (SSSR count). The van der Waals surface area contributed by atoms with E-state index in [9.17, 15) is 0 Å². The number of benzene rings is 7. The third kappa shape index (κ3) is 4.87. The zero-order valence-electron chi connectivity index (χ0n) is 26.9. The number of aromatic nitrogens is 4. The van der Waals surface area contributed by atoms with E-state index in [1.165, 1.54) is 26.5 Å². The van der Waals surface area contributed by atoms with Crippen LogP contribution in [0.2, 0.25) is 0 Å². The van der Waals surface area contributed by atoms with Gasteiger partial charge in [0.15, 0.2) is 5.82 Å². The highest BCUT2D eigenvalue weighted by Gasteiger charge is 2.16. The molecule has 0 amide bonds. The summed E-state index contributed by atoms with van der Waals surface area (Å²) in [5, 5.41) is 5.79. The van der Waals surface area contributed by atoms with Crippen molar-refractivity contribution in [1.29, 1.82) is 0 Å². The average Bonchev–Trinajstić information content (AvgIpc) is 3.77. The van der Waals surface area contributed by atoms with Crippen LogP contribution in [-0.2, 0) is 0 Å². The van der Waals surface area contributed by atoms with Crippen molar-refractivity contribution in [3.63, 3.8) is 0 Å². The lowest BCUT2D eigenvalue weighted by Gasteiger charge is -2.12. The summed E-state index contributed by atoms with van der Waals surface area (Å²) in [5.74, 6) is 0.709. The molecular weight excluding hydrogens is 629 g/mol. The van der Waals surface area contributed by atoms with Crippen molar-refractivity contribution in [1.82, 2.24) is 19.5 Å². The first kappa shape index (κ1) is 28.6. The van der Waals surface area contributed by atoms with Gasteiger partial charge in [-0.3, -0.25) is 0 Å². The minimum atomic E-state index is 0.709. The Hall–Kier alpha value is -6.43. The van der Waals surface area contributed by atoms with E-state index in [0.29, 0.717) is 5.82 Å². The van der Waals surface area contributed by atoms with Crippen LogP contribution < -0.4 is 0 Å². The van der Waals surface area contributed by atoms with E-state index < -0.39 is 0 Å². The normalized spacial score (nSPS) is 11.6. The highest BCUT2D eigenvalue weighted by molar-refractivity contribution is 7.21. The minimum Gasteiger partial charge on any atom is -0.309 e. The van der Waals surface area contributed by atoms with E-state index >= 15 is 0 Å². The molecule has 0 atom stereocenters. The van der Waals surface area contributed by atoms with Crippen molar-refractivity contribution in [2.45, 2.75) is 0 Å². The zero-order chi connectivity index (χ0) is 33.0. The second kappa shape index (κ2) is 11.6. The van der Waals surface area contributed by atoms with Gasteiger partial charge in [0.25, 0.3) is 0 Å². The van der Waals surface area contributed by atoms with Gasteiger partial charge < -0.3 is 4.57 Å². The molecule has 0 radical (unpaired) electrons. The van der Waals surface area contributed by atoms with Crippen molar-refractivity contribution >= 4 is 54.1 Å². The fourth-order valence-electron chi connectivity index (χ4n) is 6.98. The number of hydrogen-bond donors (Lipinski definition) is 0. The minimum absolute atomic E-state index is 0.709. The van der Waals surface area contributed by atoms with E-state index in [2.05, 4.69) is 132 Å². The monoisotopic (exact) mass is 656 g/mol. The van der Waals surface area contributed by atoms with Gasteiger partial charge in [-0.2, -0.15) is 0 Å². The molecule has 0 aliphatic heterocycles. The van der Waals surface area contributed by atoms with Crippen LogP contribution in [0.3, 0.4) is 0 Å². The topological polar surface area (TPSA) is 43.6 Å². The van der Waals surface area contributed by atoms with Crippen LogP contribution in [0, 0.1) is 0 Å². The van der Waals surface area contributed by atoms with E-state index in [-0.39, 0.29) is 0 Å². The van der Waals surface area contributed by atoms with Gasteiger partial charge in [0.2, 0.25) is 0 Å². The first-order chi connectivity index (χ1) is 24.7. The molecule has 0 fully saturated rings. The maximum absolute atomic E-state index is 5.06. The molecule has 5 heteroatoms. The predicted molar refractivity (Wildman–Crippen MR) is 209 cm³/mol. The Kier molecular flexibility index (Phi) is 6.64. The SMILES string of the molecule is c1ccc(-c2cc(-c3ccccc3)nc(-c3ccc4cc(-n5c6ccccc6c6ccc(-c7nc8ccccc8s7)cc65)ccc4c3)n2)cc1. The first-order valence-electron chi connectivity index (χ1n) is 16.7. The lowest BCUT2D eigenvalue weighted by atomic mass is 10.0. The summed E-state index contributed by atoms with van der Waals surface area (Å²) in [6, 6.07) is 59.7. The Labute approximate surface area is 292 Å². The van der Waals surface area contributed by atoms with Gasteiger partial charge in [0, 0.05) is 38.7 Å². The van der Waals surface area contributed by atoms with Crippen LogP contribution in [0.4, 0.5) is 0 Å². The van der Waals surface area contributed by atoms with E-state index in [1.807, 2.05) is 42.5 Å². The number of para-hydroxylation sites is 2. The van der Waals surface area contributed by atoms with Crippen LogP contribution in [0.1, 0.15) is 0 Å². The highest BCUT2D eigenvalue weighted by atomic mass is 32.1. The van der Waals surface area contributed by atoms with Gasteiger partial charge in [-0.05, 0) is 59.3 Å². The maximum Gasteiger partial charge on any atom is 0.160 e. The molecule has 7 aromatic carbocycles. The number of nitrogens with zero attached hydrogens (tertiary/aromatic N) is 4. The second-order valence-corrected chi connectivity index (χ2v) is 13.5. The van der Waals surface area contributed by atoms with Crippen molar-refractivity contribution in [2.75, 3.05) is 0 Å². The molecular formula is C45H28N4S. The fourth-order valence-corrected chi connectivity index (χ4v) is 7.94. The highest BCUT2D eigenvalue weighted by Crippen LogP contribution is 2.38. The Morgan fingerprint density at radius 3 is 1.84 bits per heavy atom. The van der Waals surface area contributed by atoms with Crippen LogP contribution in [0.5, 0.6) is 0 Å². The van der Waals surface area contributed by atoms with Crippen LogP contribution in [0.15, 0.2) is 170 Å².